The number of carbonyl (C=O) groups is 4. The zero-order chi connectivity index (χ0) is 22.0. The van der Waals surface area contributed by atoms with Gasteiger partial charge < -0.3 is 10.4 Å². The van der Waals surface area contributed by atoms with E-state index in [1.165, 1.54) is 4.90 Å². The molecule has 2 fully saturated rings. The Morgan fingerprint density at radius 2 is 1.90 bits per heavy atom. The van der Waals surface area contributed by atoms with Crippen molar-refractivity contribution in [1.29, 1.82) is 0 Å². The van der Waals surface area contributed by atoms with Crippen LogP contribution in [-0.4, -0.2) is 45.3 Å². The van der Waals surface area contributed by atoms with E-state index in [1.807, 2.05) is 25.1 Å². The Bertz CT molecular complexity index is 966. The third-order valence-corrected chi connectivity index (χ3v) is 6.56. The Morgan fingerprint density at radius 3 is 2.50 bits per heavy atom. The number of nitrogens with zero attached hydrogens (tertiary/aromatic N) is 1. The molecule has 3 aliphatic heterocycles. The van der Waals surface area contributed by atoms with Crippen molar-refractivity contribution >= 4 is 29.4 Å². The van der Waals surface area contributed by atoms with Gasteiger partial charge >= 0.3 is 5.97 Å². The van der Waals surface area contributed by atoms with Crippen molar-refractivity contribution in [3.63, 3.8) is 0 Å². The van der Waals surface area contributed by atoms with Crippen molar-refractivity contribution in [2.24, 2.45) is 11.8 Å². The predicted molar refractivity (Wildman–Crippen MR) is 109 cm³/mol. The van der Waals surface area contributed by atoms with Gasteiger partial charge in [0.05, 0.1) is 11.8 Å². The SMILES string of the molecule is CCc1cccc2c1NC(=O)C21NC(CCC(=O)O)C2C(=O)N(C(C)(C)C)C(=O)C21. The van der Waals surface area contributed by atoms with Gasteiger partial charge in [-0.15, -0.1) is 0 Å². The molecule has 30 heavy (non-hydrogen) atoms. The molecule has 3 amide bonds. The third-order valence-electron chi connectivity index (χ3n) is 6.56. The van der Waals surface area contributed by atoms with Crippen molar-refractivity contribution < 1.29 is 24.3 Å². The molecule has 0 bridgehead atoms. The van der Waals surface area contributed by atoms with Crippen LogP contribution in [0.4, 0.5) is 5.69 Å². The summed E-state index contributed by atoms with van der Waals surface area (Å²) in [6, 6.07) is 5.00. The quantitative estimate of drug-likeness (QED) is 0.646. The molecule has 160 valence electrons. The molecule has 1 aromatic rings. The minimum Gasteiger partial charge on any atom is -0.481 e. The maximum Gasteiger partial charge on any atom is 0.303 e. The van der Waals surface area contributed by atoms with E-state index in [-0.39, 0.29) is 30.6 Å². The number of benzene rings is 1. The number of imide groups is 1. The van der Waals surface area contributed by atoms with Gasteiger partial charge in [0.2, 0.25) is 17.7 Å². The number of hydrogen-bond donors (Lipinski definition) is 3. The summed E-state index contributed by atoms with van der Waals surface area (Å²) in [5.41, 5.74) is 0.192. The second-order valence-electron chi connectivity index (χ2n) is 9.32. The summed E-state index contributed by atoms with van der Waals surface area (Å²) in [5.74, 6) is -3.75. The van der Waals surface area contributed by atoms with Crippen LogP contribution in [0.2, 0.25) is 0 Å². The summed E-state index contributed by atoms with van der Waals surface area (Å²) in [6.07, 6.45) is 0.708. The molecule has 8 heteroatoms. The lowest BCUT2D eigenvalue weighted by Crippen LogP contribution is -2.55. The number of carbonyl (C=O) groups excluding carboxylic acids is 3. The molecule has 4 unspecified atom stereocenters. The largest absolute Gasteiger partial charge is 0.481 e. The summed E-state index contributed by atoms with van der Waals surface area (Å²) in [6.45, 7) is 7.34. The van der Waals surface area contributed by atoms with Crippen LogP contribution >= 0.6 is 0 Å². The van der Waals surface area contributed by atoms with E-state index >= 15 is 0 Å². The Morgan fingerprint density at radius 1 is 1.20 bits per heavy atom. The molecule has 4 atom stereocenters. The number of nitrogens with one attached hydrogen (secondary N) is 2. The van der Waals surface area contributed by atoms with Gasteiger partial charge in [0.1, 0.15) is 5.54 Å². The summed E-state index contributed by atoms with van der Waals surface area (Å²) < 4.78 is 0. The molecular formula is C22H27N3O5. The summed E-state index contributed by atoms with van der Waals surface area (Å²) in [5, 5.41) is 15.4. The van der Waals surface area contributed by atoms with E-state index in [4.69, 9.17) is 0 Å². The van der Waals surface area contributed by atoms with Crippen molar-refractivity contribution in [3.05, 3.63) is 29.3 Å². The lowest BCUT2D eigenvalue weighted by atomic mass is 9.76. The zero-order valence-corrected chi connectivity index (χ0v) is 17.6. The second-order valence-corrected chi connectivity index (χ2v) is 9.32. The second kappa shape index (κ2) is 6.63. The fourth-order valence-corrected chi connectivity index (χ4v) is 5.37. The third kappa shape index (κ3) is 2.62. The van der Waals surface area contributed by atoms with Gasteiger partial charge in [0.15, 0.2) is 0 Å². The number of anilines is 1. The number of para-hydroxylation sites is 1. The number of fused-ring (bicyclic) bond motifs is 4. The van der Waals surface area contributed by atoms with Gasteiger partial charge in [0.25, 0.3) is 0 Å². The fourth-order valence-electron chi connectivity index (χ4n) is 5.37. The lowest BCUT2D eigenvalue weighted by molar-refractivity contribution is -0.148. The van der Waals surface area contributed by atoms with Crippen LogP contribution < -0.4 is 10.6 Å². The number of carboxylic acids is 1. The molecule has 4 rings (SSSR count). The van der Waals surface area contributed by atoms with E-state index in [0.29, 0.717) is 17.7 Å². The molecule has 3 N–H and O–H groups in total. The molecule has 0 aliphatic carbocycles. The highest BCUT2D eigenvalue weighted by molar-refractivity contribution is 6.15. The number of aliphatic carboxylic acids is 1. The van der Waals surface area contributed by atoms with Gasteiger partial charge in [-0.1, -0.05) is 25.1 Å². The van der Waals surface area contributed by atoms with E-state index in [2.05, 4.69) is 10.6 Å². The van der Waals surface area contributed by atoms with E-state index < -0.39 is 34.9 Å². The van der Waals surface area contributed by atoms with Crippen molar-refractivity contribution in [2.45, 2.75) is 64.1 Å². The highest BCUT2D eigenvalue weighted by Crippen LogP contribution is 2.54. The number of rotatable bonds is 4. The van der Waals surface area contributed by atoms with Gasteiger partial charge in [-0.25, -0.2) is 0 Å². The van der Waals surface area contributed by atoms with Crippen LogP contribution in [0, 0.1) is 11.8 Å². The van der Waals surface area contributed by atoms with Crippen LogP contribution in [0.5, 0.6) is 0 Å². The van der Waals surface area contributed by atoms with E-state index in [1.54, 1.807) is 20.8 Å². The normalized spacial score (nSPS) is 30.1. The summed E-state index contributed by atoms with van der Waals surface area (Å²) in [4.78, 5) is 52.8. The minimum atomic E-state index is -1.37. The molecule has 0 saturated carbocycles. The van der Waals surface area contributed by atoms with Crippen LogP contribution in [0.3, 0.4) is 0 Å². The number of aryl methyl sites for hydroxylation is 1. The van der Waals surface area contributed by atoms with Gasteiger partial charge in [-0.05, 0) is 39.2 Å². The molecule has 2 saturated heterocycles. The van der Waals surface area contributed by atoms with Crippen molar-refractivity contribution in [2.75, 3.05) is 5.32 Å². The van der Waals surface area contributed by atoms with Crippen LogP contribution in [0.1, 0.15) is 51.7 Å². The van der Waals surface area contributed by atoms with Crippen molar-refractivity contribution in [1.82, 2.24) is 10.2 Å². The Kier molecular flexibility index (Phi) is 4.54. The van der Waals surface area contributed by atoms with E-state index in [0.717, 1.165) is 5.56 Å². The first kappa shape index (κ1) is 20.5. The predicted octanol–water partition coefficient (Wildman–Crippen LogP) is 1.63. The molecule has 8 nitrogen and oxygen atoms in total. The number of carboxylic acid groups (broad SMARTS) is 1. The maximum absolute atomic E-state index is 13.6. The Hall–Kier alpha value is -2.74. The van der Waals surface area contributed by atoms with Crippen LogP contribution in [0.25, 0.3) is 0 Å². The first-order valence-corrected chi connectivity index (χ1v) is 10.3. The van der Waals surface area contributed by atoms with Crippen molar-refractivity contribution in [3.8, 4) is 0 Å². The number of hydrogen-bond acceptors (Lipinski definition) is 5. The van der Waals surface area contributed by atoms with Crippen LogP contribution in [-0.2, 0) is 31.1 Å². The van der Waals surface area contributed by atoms with Crippen LogP contribution in [0.15, 0.2) is 18.2 Å². The van der Waals surface area contributed by atoms with Gasteiger partial charge in [-0.2, -0.15) is 0 Å². The molecule has 3 aliphatic rings. The first-order chi connectivity index (χ1) is 14.0. The average Bonchev–Trinajstić information content (AvgIpc) is 3.24. The Balaban J connectivity index is 1.88. The molecular weight excluding hydrogens is 386 g/mol. The standard InChI is InChI=1S/C22H27N3O5/c1-5-11-7-6-8-12-17(11)23-20(30)22(12)16-15(13(24-22)9-10-14(26)27)18(28)25(19(16)29)21(2,3)4/h6-8,13,15-16,24H,5,9-10H2,1-4H3,(H,23,30)(H,26,27). The minimum absolute atomic E-state index is 0.155. The first-order valence-electron chi connectivity index (χ1n) is 10.3. The molecule has 0 aromatic heterocycles. The zero-order valence-electron chi connectivity index (χ0n) is 17.6. The van der Waals surface area contributed by atoms with Gasteiger partial charge in [-0.3, -0.25) is 29.4 Å². The average molecular weight is 413 g/mol. The maximum atomic E-state index is 13.6. The number of amides is 3. The smallest absolute Gasteiger partial charge is 0.303 e. The highest BCUT2D eigenvalue weighted by atomic mass is 16.4. The monoisotopic (exact) mass is 413 g/mol. The Labute approximate surface area is 175 Å². The molecule has 0 radical (unpaired) electrons. The fraction of sp³-hybridized carbons (Fsp3) is 0.545. The molecule has 3 heterocycles. The molecule has 1 aromatic carbocycles. The highest BCUT2D eigenvalue weighted by Gasteiger charge is 2.71. The molecule has 1 spiro atoms. The lowest BCUT2D eigenvalue weighted by Gasteiger charge is -2.34. The topological polar surface area (TPSA) is 116 Å². The number of likely N-dealkylation sites (tertiary alicyclic amines) is 1. The summed E-state index contributed by atoms with van der Waals surface area (Å²) in [7, 11) is 0. The van der Waals surface area contributed by atoms with Gasteiger partial charge in [0, 0.05) is 29.3 Å². The summed E-state index contributed by atoms with van der Waals surface area (Å²) >= 11 is 0. The van der Waals surface area contributed by atoms with E-state index in [9.17, 15) is 24.3 Å².